The van der Waals surface area contributed by atoms with Crippen molar-refractivity contribution in [3.05, 3.63) is 71.4 Å². The summed E-state index contributed by atoms with van der Waals surface area (Å²) in [5.41, 5.74) is 2.09. The number of benzene rings is 2. The molecule has 0 unspecified atom stereocenters. The molecule has 2 aliphatic heterocycles. The number of carbonyl (C=O) groups excluding carboxylic acids is 1. The molecule has 1 aromatic heterocycles. The van der Waals surface area contributed by atoms with Gasteiger partial charge < -0.3 is 19.9 Å². The third-order valence-corrected chi connectivity index (χ3v) is 6.06. The first-order valence-corrected chi connectivity index (χ1v) is 11.5. The van der Waals surface area contributed by atoms with Crippen LogP contribution in [0.3, 0.4) is 0 Å². The first kappa shape index (κ1) is 22.1. The largest absolute Gasteiger partial charge is 0.435 e. The molecule has 1 N–H and O–H groups in total. The normalized spacial score (nSPS) is 15.6. The van der Waals surface area contributed by atoms with E-state index in [1.54, 1.807) is 4.90 Å². The Bertz CT molecular complexity index is 1190. The van der Waals surface area contributed by atoms with E-state index >= 15 is 0 Å². The first-order valence-electron chi connectivity index (χ1n) is 11.5. The van der Waals surface area contributed by atoms with E-state index < -0.39 is 11.6 Å². The van der Waals surface area contributed by atoms with Crippen molar-refractivity contribution in [2.75, 3.05) is 29.9 Å². The van der Waals surface area contributed by atoms with Gasteiger partial charge in [-0.25, -0.2) is 18.6 Å². The van der Waals surface area contributed by atoms with Crippen molar-refractivity contribution in [2.45, 2.75) is 32.2 Å². The quantitative estimate of drug-likeness (QED) is 0.579. The number of urea groups is 1. The third-order valence-electron chi connectivity index (χ3n) is 6.06. The van der Waals surface area contributed by atoms with Crippen LogP contribution in [0.15, 0.2) is 48.5 Å². The van der Waals surface area contributed by atoms with Gasteiger partial charge in [0.1, 0.15) is 5.82 Å². The Balaban J connectivity index is 1.45. The number of fused-ring (bicyclic) bond motifs is 1. The monoisotopic (exact) mass is 465 g/mol. The van der Waals surface area contributed by atoms with Gasteiger partial charge in [-0.2, -0.15) is 4.98 Å². The fourth-order valence-electron chi connectivity index (χ4n) is 4.25. The van der Waals surface area contributed by atoms with Gasteiger partial charge in [0.05, 0.1) is 17.8 Å². The van der Waals surface area contributed by atoms with E-state index in [0.29, 0.717) is 30.2 Å². The lowest BCUT2D eigenvalue weighted by Gasteiger charge is -2.32. The van der Waals surface area contributed by atoms with Gasteiger partial charge in [0.15, 0.2) is 11.6 Å². The summed E-state index contributed by atoms with van der Waals surface area (Å²) < 4.78 is 33.6. The summed E-state index contributed by atoms with van der Waals surface area (Å²) in [5.74, 6) is -0.905. The van der Waals surface area contributed by atoms with E-state index in [9.17, 15) is 13.6 Å². The molecule has 2 aliphatic rings. The van der Waals surface area contributed by atoms with Crippen molar-refractivity contribution < 1.29 is 18.3 Å². The minimum Gasteiger partial charge on any atom is -0.435 e. The second-order valence-electron chi connectivity index (χ2n) is 8.45. The Labute approximate surface area is 196 Å². The van der Waals surface area contributed by atoms with Crippen LogP contribution >= 0.6 is 0 Å². The number of hydrogen-bond donors (Lipinski definition) is 1. The maximum atomic E-state index is 14.4. The molecule has 176 valence electrons. The molecule has 0 spiro atoms. The molecule has 1 saturated heterocycles. The molecule has 5 rings (SSSR count). The molecule has 1 fully saturated rings. The Hall–Kier alpha value is -3.75. The van der Waals surface area contributed by atoms with Crippen molar-refractivity contribution in [1.82, 2.24) is 14.9 Å². The van der Waals surface area contributed by atoms with Gasteiger partial charge in [-0.05, 0) is 43.5 Å². The second kappa shape index (κ2) is 9.62. The molecule has 0 aliphatic carbocycles. The molecule has 9 heteroatoms. The van der Waals surface area contributed by atoms with Crippen molar-refractivity contribution in [1.29, 1.82) is 0 Å². The van der Waals surface area contributed by atoms with E-state index in [-0.39, 0.29) is 24.2 Å². The Kier molecular flexibility index (Phi) is 6.24. The van der Waals surface area contributed by atoms with E-state index in [2.05, 4.69) is 15.2 Å². The minimum atomic E-state index is -0.818. The van der Waals surface area contributed by atoms with Crippen molar-refractivity contribution in [3.8, 4) is 11.6 Å². The average molecular weight is 466 g/mol. The number of nitrogens with zero attached hydrogens (tertiary/aromatic N) is 4. The number of anilines is 2. The van der Waals surface area contributed by atoms with Gasteiger partial charge in [-0.15, -0.1) is 0 Å². The number of rotatable bonds is 4. The molecule has 7 nitrogen and oxygen atoms in total. The van der Waals surface area contributed by atoms with Crippen LogP contribution in [0.2, 0.25) is 0 Å². The molecule has 2 aromatic carbocycles. The van der Waals surface area contributed by atoms with Crippen molar-refractivity contribution >= 4 is 17.7 Å². The van der Waals surface area contributed by atoms with Crippen molar-refractivity contribution in [2.24, 2.45) is 0 Å². The smallest absolute Gasteiger partial charge is 0.322 e. The number of hydrogen-bond acceptors (Lipinski definition) is 5. The van der Waals surface area contributed by atoms with E-state index in [1.807, 2.05) is 30.3 Å². The van der Waals surface area contributed by atoms with E-state index in [0.717, 1.165) is 50.2 Å². The summed E-state index contributed by atoms with van der Waals surface area (Å²) in [7, 11) is 0. The average Bonchev–Trinajstić information content (AvgIpc) is 2.86. The van der Waals surface area contributed by atoms with Crippen LogP contribution in [-0.2, 0) is 13.0 Å². The predicted molar refractivity (Wildman–Crippen MR) is 124 cm³/mol. The van der Waals surface area contributed by atoms with Gasteiger partial charge >= 0.3 is 6.03 Å². The zero-order valence-electron chi connectivity index (χ0n) is 18.6. The molecule has 3 heterocycles. The Morgan fingerprint density at radius 2 is 1.76 bits per heavy atom. The maximum Gasteiger partial charge on any atom is 0.322 e. The maximum absolute atomic E-state index is 14.4. The standard InChI is InChI=1S/C25H25F2N5O2/c26-17-9-10-22(20(27)15-17)34-23-19-16-32(25(33)28-18-7-3-1-4-8-18)14-11-21(19)29-24(30-23)31-12-5-2-6-13-31/h1,3-4,7-10,15H,2,5-6,11-14,16H2,(H,28,33). The van der Waals surface area contributed by atoms with Crippen LogP contribution in [0, 0.1) is 11.6 Å². The fourth-order valence-corrected chi connectivity index (χ4v) is 4.25. The number of nitrogens with one attached hydrogen (secondary N) is 1. The molecular weight excluding hydrogens is 440 g/mol. The highest BCUT2D eigenvalue weighted by Gasteiger charge is 2.28. The summed E-state index contributed by atoms with van der Waals surface area (Å²) in [6, 6.07) is 12.1. The number of para-hydroxylation sites is 1. The number of piperidine rings is 1. The van der Waals surface area contributed by atoms with Crippen LogP contribution in [0.1, 0.15) is 30.5 Å². The summed E-state index contributed by atoms with van der Waals surface area (Å²) in [5, 5.41) is 2.89. The highest BCUT2D eigenvalue weighted by Crippen LogP contribution is 2.33. The van der Waals surface area contributed by atoms with Gasteiger partial charge in [0, 0.05) is 37.8 Å². The zero-order valence-corrected chi connectivity index (χ0v) is 18.6. The lowest BCUT2D eigenvalue weighted by molar-refractivity contribution is 0.205. The molecule has 0 atom stereocenters. The number of ether oxygens (including phenoxy) is 1. The highest BCUT2D eigenvalue weighted by atomic mass is 19.1. The highest BCUT2D eigenvalue weighted by molar-refractivity contribution is 5.89. The SMILES string of the molecule is O=C(Nc1ccccc1)N1CCc2nc(N3CCCCC3)nc(Oc3ccc(F)cc3F)c2C1. The lowest BCUT2D eigenvalue weighted by atomic mass is 10.1. The summed E-state index contributed by atoms with van der Waals surface area (Å²) in [6.07, 6.45) is 3.79. The van der Waals surface area contributed by atoms with Gasteiger partial charge in [-0.1, -0.05) is 18.2 Å². The minimum absolute atomic E-state index is 0.127. The van der Waals surface area contributed by atoms with Crippen LogP contribution < -0.4 is 15.0 Å². The molecule has 34 heavy (non-hydrogen) atoms. The zero-order chi connectivity index (χ0) is 23.5. The summed E-state index contributed by atoms with van der Waals surface area (Å²) in [6.45, 7) is 2.38. The van der Waals surface area contributed by atoms with Crippen molar-refractivity contribution in [3.63, 3.8) is 0 Å². The van der Waals surface area contributed by atoms with E-state index in [1.165, 1.54) is 6.07 Å². The van der Waals surface area contributed by atoms with E-state index in [4.69, 9.17) is 9.72 Å². The predicted octanol–water partition coefficient (Wildman–Crippen LogP) is 5.13. The van der Waals surface area contributed by atoms with Crippen LogP contribution in [0.4, 0.5) is 25.2 Å². The first-order chi connectivity index (χ1) is 16.6. The Morgan fingerprint density at radius 3 is 2.53 bits per heavy atom. The molecule has 2 amide bonds. The number of aromatic nitrogens is 2. The second-order valence-corrected chi connectivity index (χ2v) is 8.45. The van der Waals surface area contributed by atoms with Gasteiger partial charge in [0.25, 0.3) is 0 Å². The molecule has 3 aromatic rings. The Morgan fingerprint density at radius 1 is 0.971 bits per heavy atom. The number of halogens is 2. The molecule has 0 bridgehead atoms. The molecular formula is C25H25F2N5O2. The number of carbonyl (C=O) groups is 1. The van der Waals surface area contributed by atoms with Gasteiger partial charge in [-0.3, -0.25) is 0 Å². The van der Waals surface area contributed by atoms with Crippen LogP contribution in [0.5, 0.6) is 11.6 Å². The van der Waals surface area contributed by atoms with Crippen LogP contribution in [-0.4, -0.2) is 40.5 Å². The summed E-state index contributed by atoms with van der Waals surface area (Å²) in [4.78, 5) is 26.0. The summed E-state index contributed by atoms with van der Waals surface area (Å²) >= 11 is 0. The van der Waals surface area contributed by atoms with Gasteiger partial charge in [0.2, 0.25) is 11.8 Å². The lowest BCUT2D eigenvalue weighted by Crippen LogP contribution is -2.40. The van der Waals surface area contributed by atoms with Crippen LogP contribution in [0.25, 0.3) is 0 Å². The molecule has 0 radical (unpaired) electrons. The fraction of sp³-hybridized carbons (Fsp3) is 0.320. The topological polar surface area (TPSA) is 70.6 Å². The third kappa shape index (κ3) is 4.78. The molecule has 0 saturated carbocycles. The number of amides is 2.